The van der Waals surface area contributed by atoms with Gasteiger partial charge in [-0.3, -0.25) is 14.2 Å². The van der Waals surface area contributed by atoms with Gasteiger partial charge in [-0.25, -0.2) is 17.9 Å². The number of aromatic amines is 1. The van der Waals surface area contributed by atoms with Crippen LogP contribution in [-0.4, -0.2) is 104 Å². The van der Waals surface area contributed by atoms with Crippen molar-refractivity contribution in [2.24, 2.45) is 11.1 Å². The molecule has 4 atom stereocenters. The van der Waals surface area contributed by atoms with Crippen LogP contribution in [-0.2, 0) is 41.8 Å². The first-order valence-corrected chi connectivity index (χ1v) is 20.5. The van der Waals surface area contributed by atoms with Gasteiger partial charge in [0.2, 0.25) is 29.2 Å². The third kappa shape index (κ3) is 11.7. The van der Waals surface area contributed by atoms with Crippen molar-refractivity contribution in [2.45, 2.75) is 75.7 Å². The van der Waals surface area contributed by atoms with E-state index < -0.39 is 64.6 Å². The van der Waals surface area contributed by atoms with Crippen molar-refractivity contribution in [3.05, 3.63) is 65.9 Å². The number of carbonyl (C=O) groups excluding carboxylic acids is 2. The molecule has 0 saturated heterocycles. The van der Waals surface area contributed by atoms with Crippen molar-refractivity contribution in [3.63, 3.8) is 0 Å². The number of ether oxygens (including phenoxy) is 1. The standard InChI is InChI=1S/C34H48N5O9PS.Li.H/c1-48-25-14-12-23(13-15-25)19-30(38-31(40)28(11-5-8-18-35)39-50(2,46)47)49(44,45)22-34(16-6-7-17-34)33(43)37-29(32(41)42)20-24-21-36-27-10-4-3-9-26(24)27;;/h3-4,9-10,12-15,21,28-30,36,39H,5-8,11,16-20,22,35H2,1-2H3,(H,37,43)(H,38,40)(H,41,42)(H,44,45);;/t28-,29-,30+;;/m0../s1. The Morgan fingerprint density at radius 1 is 1.02 bits per heavy atom. The topological polar surface area (TPSA) is 230 Å². The number of aromatic nitrogens is 1. The van der Waals surface area contributed by atoms with Crippen LogP contribution in [0, 0.1) is 5.41 Å². The molecule has 1 saturated carbocycles. The van der Waals surface area contributed by atoms with Crippen LogP contribution in [0.15, 0.2) is 54.7 Å². The van der Waals surface area contributed by atoms with E-state index in [-0.39, 0.29) is 51.0 Å². The first kappa shape index (κ1) is 42.3. The van der Waals surface area contributed by atoms with E-state index in [1.807, 2.05) is 24.3 Å². The van der Waals surface area contributed by atoms with Gasteiger partial charge in [-0.2, -0.15) is 0 Å². The summed E-state index contributed by atoms with van der Waals surface area (Å²) in [5, 5.41) is 16.3. The van der Waals surface area contributed by atoms with Crippen molar-refractivity contribution in [1.82, 2.24) is 20.3 Å². The number of aliphatic carboxylic acids is 1. The van der Waals surface area contributed by atoms with Crippen molar-refractivity contribution in [1.29, 1.82) is 0 Å². The van der Waals surface area contributed by atoms with Crippen LogP contribution >= 0.6 is 7.37 Å². The molecule has 14 nitrogen and oxygen atoms in total. The van der Waals surface area contributed by atoms with Gasteiger partial charge in [-0.1, -0.05) is 49.6 Å². The van der Waals surface area contributed by atoms with Crippen LogP contribution in [0.1, 0.15) is 56.1 Å². The summed E-state index contributed by atoms with van der Waals surface area (Å²) >= 11 is 0. The van der Waals surface area contributed by atoms with Gasteiger partial charge in [0.15, 0.2) is 0 Å². The van der Waals surface area contributed by atoms with Gasteiger partial charge in [0.05, 0.1) is 18.8 Å². The fourth-order valence-electron chi connectivity index (χ4n) is 6.62. The zero-order valence-electron chi connectivity index (χ0n) is 28.4. The first-order valence-electron chi connectivity index (χ1n) is 16.7. The zero-order valence-corrected chi connectivity index (χ0v) is 30.1. The van der Waals surface area contributed by atoms with Gasteiger partial charge in [0.1, 0.15) is 23.6 Å². The van der Waals surface area contributed by atoms with Gasteiger partial charge in [-0.05, 0) is 61.6 Å². The summed E-state index contributed by atoms with van der Waals surface area (Å²) in [4.78, 5) is 55.0. The molecule has 8 N–H and O–H groups in total. The predicted octanol–water partition coefficient (Wildman–Crippen LogP) is 2.20. The van der Waals surface area contributed by atoms with E-state index in [0.717, 1.165) is 17.2 Å². The van der Waals surface area contributed by atoms with Crippen molar-refractivity contribution in [3.8, 4) is 5.75 Å². The number of fused-ring (bicyclic) bond motifs is 1. The summed E-state index contributed by atoms with van der Waals surface area (Å²) in [5.41, 5.74) is 6.34. The van der Waals surface area contributed by atoms with Gasteiger partial charge in [-0.15, -0.1) is 0 Å². The van der Waals surface area contributed by atoms with E-state index in [0.29, 0.717) is 49.1 Å². The molecule has 0 bridgehead atoms. The number of unbranched alkanes of at least 4 members (excludes halogenated alkanes) is 1. The number of methoxy groups -OCH3 is 1. The number of rotatable bonds is 19. The van der Waals surface area contributed by atoms with Crippen LogP contribution in [0.25, 0.3) is 10.9 Å². The van der Waals surface area contributed by atoms with Gasteiger partial charge < -0.3 is 36.1 Å². The SMILES string of the molecule is COc1ccc(C[C@H](NC(=O)[C@H](CCCCN)NS(C)(=O)=O)P(=O)(O)CC2(C(=O)N[C@@H](Cc3c[nH]c4ccccc34)C(=O)O)CCCC2)cc1.[LiH]. The van der Waals surface area contributed by atoms with Crippen LogP contribution < -0.4 is 25.8 Å². The molecule has 3 aromatic rings. The Balaban J connectivity index is 0.00000702. The quantitative estimate of drug-likeness (QED) is 0.0538. The maximum absolute atomic E-state index is 14.5. The zero-order chi connectivity index (χ0) is 36.5. The minimum absolute atomic E-state index is 0. The average Bonchev–Trinajstić information content (AvgIpc) is 3.71. The summed E-state index contributed by atoms with van der Waals surface area (Å²) in [5.74, 6) is -3.50. The minimum atomic E-state index is -4.46. The number of amides is 2. The number of hydrogen-bond acceptors (Lipinski definition) is 8. The molecule has 2 aromatic carbocycles. The third-order valence-corrected chi connectivity index (χ3v) is 12.3. The Morgan fingerprint density at radius 2 is 1.69 bits per heavy atom. The molecule has 1 aromatic heterocycles. The third-order valence-electron chi connectivity index (χ3n) is 9.28. The Kier molecular flexibility index (Phi) is 15.4. The molecule has 276 valence electrons. The Hall–Kier alpha value is -3.15. The molecule has 17 heteroatoms. The number of hydrogen-bond donors (Lipinski definition) is 7. The van der Waals surface area contributed by atoms with Crippen molar-refractivity contribution < 1.29 is 42.1 Å². The second-order valence-corrected chi connectivity index (χ2v) is 17.4. The normalized spacial score (nSPS) is 17.0. The number of H-pyrrole nitrogens is 1. The molecule has 4 rings (SSSR count). The molecule has 51 heavy (non-hydrogen) atoms. The summed E-state index contributed by atoms with van der Waals surface area (Å²) in [7, 11) is -6.78. The molecule has 0 radical (unpaired) electrons. The molecule has 2 amide bonds. The molecule has 1 heterocycles. The number of nitrogens with two attached hydrogens (primary N) is 1. The van der Waals surface area contributed by atoms with Crippen LogP contribution in [0.3, 0.4) is 0 Å². The van der Waals surface area contributed by atoms with E-state index in [1.165, 1.54) is 7.11 Å². The second-order valence-electron chi connectivity index (χ2n) is 13.1. The summed E-state index contributed by atoms with van der Waals surface area (Å²) < 4.78 is 46.3. The molecule has 1 unspecified atom stereocenters. The molecule has 1 aliphatic rings. The summed E-state index contributed by atoms with van der Waals surface area (Å²) in [6.45, 7) is 0.341. The molecular formula is C34H49LiN5O9PS. The second kappa shape index (κ2) is 18.6. The van der Waals surface area contributed by atoms with E-state index in [4.69, 9.17) is 10.5 Å². The van der Waals surface area contributed by atoms with E-state index in [1.54, 1.807) is 30.5 Å². The monoisotopic (exact) mass is 741 g/mol. The number of carbonyl (C=O) groups is 3. The van der Waals surface area contributed by atoms with E-state index in [2.05, 4.69) is 20.3 Å². The molecule has 0 spiro atoms. The van der Waals surface area contributed by atoms with Crippen LogP contribution in [0.5, 0.6) is 5.75 Å². The van der Waals surface area contributed by atoms with Gasteiger partial charge >= 0.3 is 24.8 Å². The fraction of sp³-hybridized carbons (Fsp3) is 0.500. The number of carboxylic acids is 1. The Morgan fingerprint density at radius 3 is 2.29 bits per heavy atom. The molecule has 1 fully saturated rings. The maximum atomic E-state index is 14.5. The predicted molar refractivity (Wildman–Crippen MR) is 198 cm³/mol. The number of sulfonamides is 1. The summed E-state index contributed by atoms with van der Waals surface area (Å²) in [6, 6.07) is 11.6. The summed E-state index contributed by atoms with van der Waals surface area (Å²) in [6.07, 6.45) is 4.77. The number of para-hydroxylation sites is 1. The Labute approximate surface area is 310 Å². The fourth-order valence-corrected chi connectivity index (χ4v) is 9.74. The van der Waals surface area contributed by atoms with E-state index in [9.17, 15) is 37.4 Å². The molecular weight excluding hydrogens is 692 g/mol. The number of nitrogens with one attached hydrogen (secondary N) is 4. The Bertz CT molecular complexity index is 1800. The van der Waals surface area contributed by atoms with Crippen molar-refractivity contribution in [2.75, 3.05) is 26.1 Å². The van der Waals surface area contributed by atoms with Crippen LogP contribution in [0.2, 0.25) is 0 Å². The number of benzene rings is 2. The average molecular weight is 742 g/mol. The number of carboxylic acid groups (broad SMARTS) is 1. The first-order chi connectivity index (χ1) is 23.7. The molecule has 0 aliphatic heterocycles. The molecule has 1 aliphatic carbocycles. The van der Waals surface area contributed by atoms with Crippen molar-refractivity contribution >= 4 is 64.9 Å². The van der Waals surface area contributed by atoms with Gasteiger partial charge in [0, 0.05) is 36.1 Å². The van der Waals surface area contributed by atoms with E-state index >= 15 is 0 Å². The van der Waals surface area contributed by atoms with Crippen LogP contribution in [0.4, 0.5) is 0 Å². The van der Waals surface area contributed by atoms with Gasteiger partial charge in [0.25, 0.3) is 0 Å².